The van der Waals surface area contributed by atoms with E-state index in [9.17, 15) is 24.8 Å². The van der Waals surface area contributed by atoms with Crippen LogP contribution in [0.4, 0.5) is 10.8 Å². The minimum atomic E-state index is -1.14. The Morgan fingerprint density at radius 1 is 1.10 bits per heavy atom. The highest BCUT2D eigenvalue weighted by Gasteiger charge is 2.46. The van der Waals surface area contributed by atoms with Gasteiger partial charge in [-0.15, -0.1) is 0 Å². The number of anilines is 1. The van der Waals surface area contributed by atoms with Gasteiger partial charge in [-0.1, -0.05) is 23.5 Å². The molecular weight excluding hydrogens is 538 g/mol. The van der Waals surface area contributed by atoms with Crippen molar-refractivity contribution in [3.8, 4) is 11.5 Å². The fraction of sp³-hybridized carbons (Fsp3) is 0.107. The number of carbonyl (C=O) groups excluding carboxylic acids is 2. The molecule has 0 radical (unpaired) electrons. The average Bonchev–Trinajstić information content (AvgIpc) is 3.66. The number of nitrogens with zero attached hydrogens (tertiary/aromatic N) is 3. The van der Waals surface area contributed by atoms with Crippen LogP contribution in [0.2, 0.25) is 0 Å². The molecule has 1 N–H and O–H groups in total. The molecule has 1 aliphatic rings. The van der Waals surface area contributed by atoms with Crippen molar-refractivity contribution < 1.29 is 33.5 Å². The molecule has 3 aromatic carbocycles. The molecule has 1 amide bonds. The highest BCUT2D eigenvalue weighted by molar-refractivity contribution is 7.22. The second-order valence-electron chi connectivity index (χ2n) is 8.84. The number of fused-ring (bicyclic) bond motifs is 2. The summed E-state index contributed by atoms with van der Waals surface area (Å²) in [5.41, 5.74) is 0.865. The maximum Gasteiger partial charge on any atom is 0.296 e. The van der Waals surface area contributed by atoms with E-state index in [2.05, 4.69) is 4.98 Å². The van der Waals surface area contributed by atoms with Crippen molar-refractivity contribution in [2.45, 2.75) is 6.04 Å². The van der Waals surface area contributed by atoms with Crippen molar-refractivity contribution in [3.63, 3.8) is 0 Å². The molecule has 0 saturated carbocycles. The first kappa shape index (κ1) is 25.1. The smallest absolute Gasteiger partial charge is 0.296 e. The van der Waals surface area contributed by atoms with Crippen LogP contribution in [0.5, 0.6) is 11.5 Å². The van der Waals surface area contributed by atoms with Crippen molar-refractivity contribution in [1.82, 2.24) is 4.98 Å². The van der Waals surface area contributed by atoms with Crippen LogP contribution in [0.15, 0.2) is 82.5 Å². The zero-order chi connectivity index (χ0) is 28.1. The Morgan fingerprint density at radius 2 is 1.88 bits per heavy atom. The predicted molar refractivity (Wildman–Crippen MR) is 146 cm³/mol. The van der Waals surface area contributed by atoms with Gasteiger partial charge in [0.15, 0.2) is 28.0 Å². The van der Waals surface area contributed by atoms with Gasteiger partial charge in [-0.25, -0.2) is 4.98 Å². The van der Waals surface area contributed by atoms with Crippen molar-refractivity contribution >= 4 is 55.0 Å². The van der Waals surface area contributed by atoms with Crippen LogP contribution in [-0.2, 0) is 4.79 Å². The molecule has 3 heterocycles. The number of carbonyl (C=O) groups is 2. The monoisotopic (exact) mass is 557 g/mol. The third-order valence-corrected chi connectivity index (χ3v) is 7.63. The molecule has 1 unspecified atom stereocenters. The van der Waals surface area contributed by atoms with Crippen molar-refractivity contribution in [1.29, 1.82) is 0 Å². The molecule has 200 valence electrons. The Bertz CT molecular complexity index is 1870. The van der Waals surface area contributed by atoms with E-state index in [1.165, 1.54) is 60.8 Å². The van der Waals surface area contributed by atoms with Crippen molar-refractivity contribution in [3.05, 3.63) is 99.5 Å². The van der Waals surface area contributed by atoms with Crippen molar-refractivity contribution in [2.75, 3.05) is 19.1 Å². The van der Waals surface area contributed by atoms with E-state index >= 15 is 0 Å². The van der Waals surface area contributed by atoms with E-state index in [0.717, 1.165) is 0 Å². The van der Waals surface area contributed by atoms with Crippen LogP contribution < -0.4 is 14.4 Å². The van der Waals surface area contributed by atoms with Crippen LogP contribution in [0, 0.1) is 10.1 Å². The third kappa shape index (κ3) is 3.93. The lowest BCUT2D eigenvalue weighted by molar-refractivity contribution is -0.384. The molecule has 0 aliphatic carbocycles. The van der Waals surface area contributed by atoms with Crippen LogP contribution in [0.3, 0.4) is 0 Å². The zero-order valence-electron chi connectivity index (χ0n) is 21.0. The number of non-ortho nitro benzene ring substituents is 1. The normalized spacial score (nSPS) is 15.3. The van der Waals surface area contributed by atoms with Gasteiger partial charge in [0.2, 0.25) is 5.78 Å². The Kier molecular flexibility index (Phi) is 5.96. The van der Waals surface area contributed by atoms with Crippen LogP contribution in [0.1, 0.15) is 22.2 Å². The second-order valence-corrected chi connectivity index (χ2v) is 9.85. The van der Waals surface area contributed by atoms with Crippen LogP contribution in [-0.4, -0.2) is 40.9 Å². The number of rotatable bonds is 7. The minimum absolute atomic E-state index is 0.114. The van der Waals surface area contributed by atoms with E-state index in [1.54, 1.807) is 36.4 Å². The quantitative estimate of drug-likeness (QED) is 0.150. The number of methoxy groups -OCH3 is 2. The number of hydrogen-bond donors (Lipinski definition) is 1. The number of amides is 1. The Morgan fingerprint density at radius 3 is 2.58 bits per heavy atom. The maximum absolute atomic E-state index is 13.9. The topological polar surface area (TPSA) is 145 Å². The molecule has 0 bridgehead atoms. The molecule has 1 aliphatic heterocycles. The molecule has 6 rings (SSSR count). The number of aromatic nitrogens is 1. The number of nitro groups is 1. The number of thiazole rings is 1. The minimum Gasteiger partial charge on any atom is -0.503 e. The fourth-order valence-electron chi connectivity index (χ4n) is 4.69. The molecule has 0 fully saturated rings. The first-order valence-electron chi connectivity index (χ1n) is 11.9. The number of aliphatic hydroxyl groups excluding tert-OH is 1. The maximum atomic E-state index is 13.9. The zero-order valence-corrected chi connectivity index (χ0v) is 21.8. The Labute approximate surface area is 229 Å². The highest BCUT2D eigenvalue weighted by atomic mass is 32.1. The van der Waals surface area contributed by atoms with E-state index < -0.39 is 28.4 Å². The van der Waals surface area contributed by atoms with Crippen molar-refractivity contribution in [2.24, 2.45) is 0 Å². The summed E-state index contributed by atoms with van der Waals surface area (Å²) in [7, 11) is 3.00. The van der Waals surface area contributed by atoms with Gasteiger partial charge in [0, 0.05) is 17.5 Å². The summed E-state index contributed by atoms with van der Waals surface area (Å²) >= 11 is 1.17. The molecule has 0 spiro atoms. The molecule has 1 atom stereocenters. The number of ether oxygens (including phenoxy) is 2. The van der Waals surface area contributed by atoms with E-state index in [1.807, 2.05) is 0 Å². The number of Topliss-reactive ketones (excluding diaryl/α,β-unsaturated/α-hetero) is 1. The van der Waals surface area contributed by atoms with E-state index in [0.29, 0.717) is 38.2 Å². The highest BCUT2D eigenvalue weighted by Crippen LogP contribution is 2.45. The molecule has 2 aromatic heterocycles. The standard InChI is InChI=1S/C28H19N3O8S/c1-37-17-10-11-18-21(13-17)40-28(29-18)30-23(14-6-8-16(9-7-14)31(35)36)22(25(33)27(30)34)24(32)20-12-15-4-3-5-19(38-2)26(15)39-20/h3-13,23,33H,1-2H3. The number of furan rings is 1. The summed E-state index contributed by atoms with van der Waals surface area (Å²) in [5, 5.41) is 23.2. The number of hydrogen-bond acceptors (Lipinski definition) is 10. The summed E-state index contributed by atoms with van der Waals surface area (Å²) in [6, 6.07) is 16.2. The van der Waals surface area contributed by atoms with Gasteiger partial charge in [0.05, 0.1) is 41.0 Å². The van der Waals surface area contributed by atoms with Gasteiger partial charge in [0.25, 0.3) is 11.6 Å². The van der Waals surface area contributed by atoms with Crippen LogP contribution in [0.25, 0.3) is 21.2 Å². The molecule has 0 saturated heterocycles. The van der Waals surface area contributed by atoms with Gasteiger partial charge in [-0.3, -0.25) is 24.6 Å². The lowest BCUT2D eigenvalue weighted by Crippen LogP contribution is -2.30. The number of benzene rings is 3. The molecule has 5 aromatic rings. The van der Waals surface area contributed by atoms with Gasteiger partial charge in [0.1, 0.15) is 5.75 Å². The van der Waals surface area contributed by atoms with Gasteiger partial charge in [-0.05, 0) is 48.0 Å². The lowest BCUT2D eigenvalue weighted by Gasteiger charge is -2.24. The summed E-state index contributed by atoms with van der Waals surface area (Å²) in [6.07, 6.45) is 0. The van der Waals surface area contributed by atoms with Crippen LogP contribution >= 0.6 is 11.3 Å². The lowest BCUT2D eigenvalue weighted by atomic mass is 9.95. The van der Waals surface area contributed by atoms with E-state index in [-0.39, 0.29) is 22.2 Å². The fourth-order valence-corrected chi connectivity index (χ4v) is 5.71. The third-order valence-electron chi connectivity index (χ3n) is 6.61. The molecule has 40 heavy (non-hydrogen) atoms. The second kappa shape index (κ2) is 9.50. The molecule has 12 heteroatoms. The summed E-state index contributed by atoms with van der Waals surface area (Å²) in [4.78, 5) is 43.9. The SMILES string of the molecule is COc1ccc2nc(N3C(=O)C(O)=C(C(=O)c4cc5cccc(OC)c5o4)C3c3ccc([N+](=O)[O-])cc3)sc2c1. The van der Waals surface area contributed by atoms with E-state index in [4.69, 9.17) is 13.9 Å². The summed E-state index contributed by atoms with van der Waals surface area (Å²) < 4.78 is 17.2. The number of aliphatic hydroxyl groups is 1. The number of para-hydroxylation sites is 1. The predicted octanol–water partition coefficient (Wildman–Crippen LogP) is 5.75. The number of ketones is 1. The largest absolute Gasteiger partial charge is 0.503 e. The summed E-state index contributed by atoms with van der Waals surface area (Å²) in [6.45, 7) is 0. The molecular formula is C28H19N3O8S. The first-order valence-corrected chi connectivity index (χ1v) is 12.7. The first-order chi connectivity index (χ1) is 19.3. The summed E-state index contributed by atoms with van der Waals surface area (Å²) in [5.74, 6) is -1.44. The Hall–Kier alpha value is -5.23. The average molecular weight is 558 g/mol. The van der Waals surface area contributed by atoms with Gasteiger partial charge < -0.3 is 19.0 Å². The Balaban J connectivity index is 1.50. The van der Waals surface area contributed by atoms with Gasteiger partial charge in [-0.2, -0.15) is 0 Å². The number of nitro benzene ring substituents is 1. The van der Waals surface area contributed by atoms with Gasteiger partial charge >= 0.3 is 0 Å². The molecule has 11 nitrogen and oxygen atoms in total.